The predicted octanol–water partition coefficient (Wildman–Crippen LogP) is 2.47. The summed E-state index contributed by atoms with van der Waals surface area (Å²) in [4.78, 5) is 72.5. The Kier molecular flexibility index (Phi) is 17.3. The van der Waals surface area contributed by atoms with Gasteiger partial charge in [0.1, 0.15) is 12.4 Å². The largest absolute Gasteiger partial charge is 0.490 e. The lowest BCUT2D eigenvalue weighted by Crippen LogP contribution is -2.35. The zero-order valence-electron chi connectivity index (χ0n) is 29.1. The first-order chi connectivity index (χ1) is 25.4. The number of esters is 1. The van der Waals surface area contributed by atoms with E-state index in [0.717, 1.165) is 5.56 Å². The van der Waals surface area contributed by atoms with E-state index in [4.69, 9.17) is 36.7 Å². The number of rotatable bonds is 12. The molecule has 1 aromatic heterocycles. The number of nitrogens with zero attached hydrogens (tertiary/aromatic N) is 2. The van der Waals surface area contributed by atoms with Crippen LogP contribution in [0.15, 0.2) is 53.5 Å². The van der Waals surface area contributed by atoms with Crippen molar-refractivity contribution in [2.75, 3.05) is 24.7 Å². The topological polar surface area (TPSA) is 282 Å². The lowest BCUT2D eigenvalue weighted by Gasteiger charge is -2.17. The minimum atomic E-state index is -5.08. The number of carboxylic acids is 2. The van der Waals surface area contributed by atoms with Gasteiger partial charge in [0.05, 0.1) is 25.4 Å². The maximum Gasteiger partial charge on any atom is 0.490 e. The van der Waals surface area contributed by atoms with Crippen molar-refractivity contribution in [3.05, 3.63) is 75.7 Å². The molecule has 23 heteroatoms. The van der Waals surface area contributed by atoms with Gasteiger partial charge in [-0.1, -0.05) is 24.3 Å². The maximum atomic E-state index is 13.4. The fraction of sp³-hybridized carbons (Fsp3) is 0.312. The summed E-state index contributed by atoms with van der Waals surface area (Å²) in [6.07, 6.45) is -8.73. The van der Waals surface area contributed by atoms with Crippen molar-refractivity contribution in [1.82, 2.24) is 20.2 Å². The summed E-state index contributed by atoms with van der Waals surface area (Å²) in [5.74, 6) is -6.87. The molecule has 0 fully saturated rings. The summed E-state index contributed by atoms with van der Waals surface area (Å²) in [7, 11) is 1.26. The van der Waals surface area contributed by atoms with E-state index in [1.54, 1.807) is 30.3 Å². The van der Waals surface area contributed by atoms with E-state index < -0.39 is 47.6 Å². The highest BCUT2D eigenvalue weighted by molar-refractivity contribution is 5.97. The van der Waals surface area contributed by atoms with Crippen LogP contribution in [-0.4, -0.2) is 87.4 Å². The molecule has 0 aliphatic carbocycles. The molecule has 0 atom stereocenters. The molecule has 0 spiro atoms. The Morgan fingerprint density at radius 2 is 1.47 bits per heavy atom. The van der Waals surface area contributed by atoms with Crippen LogP contribution in [0.3, 0.4) is 0 Å². The molecular weight excluding hydrogens is 754 g/mol. The van der Waals surface area contributed by atoms with Crippen LogP contribution < -0.4 is 33.0 Å². The van der Waals surface area contributed by atoms with E-state index >= 15 is 0 Å². The Bertz CT molecular complexity index is 1890. The van der Waals surface area contributed by atoms with Crippen LogP contribution >= 0.6 is 0 Å². The lowest BCUT2D eigenvalue weighted by atomic mass is 10.1. The number of carboxylic acid groups (broad SMARTS) is 2. The zero-order valence-corrected chi connectivity index (χ0v) is 29.1. The highest BCUT2D eigenvalue weighted by Crippen LogP contribution is 2.24. The molecule has 10 N–H and O–H groups in total. The Morgan fingerprint density at radius 3 is 1.95 bits per heavy atom. The van der Waals surface area contributed by atoms with Crippen molar-refractivity contribution >= 4 is 47.1 Å². The van der Waals surface area contributed by atoms with Gasteiger partial charge in [-0.05, 0) is 37.6 Å². The third kappa shape index (κ3) is 16.3. The maximum absolute atomic E-state index is 13.4. The Labute approximate surface area is 307 Å². The van der Waals surface area contributed by atoms with Gasteiger partial charge in [-0.25, -0.2) is 14.6 Å². The number of aliphatic carboxylic acids is 2. The lowest BCUT2D eigenvalue weighted by molar-refractivity contribution is -0.193. The van der Waals surface area contributed by atoms with E-state index in [1.165, 1.54) is 30.0 Å². The number of carbonyl (C=O) groups is 5. The van der Waals surface area contributed by atoms with Gasteiger partial charge in [0.2, 0.25) is 5.91 Å². The number of amides is 2. The van der Waals surface area contributed by atoms with Gasteiger partial charge in [0.15, 0.2) is 5.82 Å². The SMILES string of the molecule is COC(=O)CCNC(=O)c1cc(N)cc(-c2cnc(NC(C)C)c(=O)n2CC(=O)NCc2ccc(C(=N)N)cc2)c1.O=C(O)C(F)(F)F.O=C(O)C(F)(F)F. The number of methoxy groups -OCH3 is 1. The molecule has 2 aromatic carbocycles. The van der Waals surface area contributed by atoms with Crippen LogP contribution in [0, 0.1) is 5.41 Å². The van der Waals surface area contributed by atoms with E-state index in [0.29, 0.717) is 11.1 Å². The number of anilines is 2. The summed E-state index contributed by atoms with van der Waals surface area (Å²) in [5, 5.41) is 30.1. The second kappa shape index (κ2) is 20.5. The van der Waals surface area contributed by atoms with Crippen LogP contribution in [0.5, 0.6) is 0 Å². The highest BCUT2D eigenvalue weighted by Gasteiger charge is 2.38. The van der Waals surface area contributed by atoms with Gasteiger partial charge < -0.3 is 42.4 Å². The summed E-state index contributed by atoms with van der Waals surface area (Å²) in [6.45, 7) is 3.63. The standard InChI is InChI=1S/C28H34N8O5.2C2HF3O2/c1-16(2)35-26-28(40)36(15-23(37)33-13-17-4-6-18(7-5-17)25(30)31)22(14-34-26)19-10-20(12-21(29)11-19)27(39)32-9-8-24(38)41-3;2*3-2(4,5)1(6)7/h4-7,10-12,14,16H,8-9,13,15,29H2,1-3H3,(H3,30,31)(H,32,39)(H,33,37)(H,34,35);2*(H,6,7). The molecule has 0 unspecified atom stereocenters. The van der Waals surface area contributed by atoms with Gasteiger partial charge in [0, 0.05) is 41.5 Å². The number of aromatic nitrogens is 2. The first-order valence-electron chi connectivity index (χ1n) is 15.3. The van der Waals surface area contributed by atoms with Gasteiger partial charge in [-0.2, -0.15) is 26.3 Å². The number of alkyl halides is 6. The van der Waals surface area contributed by atoms with E-state index in [1.807, 2.05) is 13.8 Å². The van der Waals surface area contributed by atoms with Crippen molar-refractivity contribution in [2.24, 2.45) is 5.73 Å². The second-order valence-corrected chi connectivity index (χ2v) is 11.1. The minimum Gasteiger partial charge on any atom is -0.475 e. The third-order valence-corrected chi connectivity index (χ3v) is 6.38. The van der Waals surface area contributed by atoms with Crippen LogP contribution in [0.4, 0.5) is 37.8 Å². The number of nitrogens with one attached hydrogen (secondary N) is 4. The molecular formula is C32H36F6N8O9. The molecule has 0 saturated carbocycles. The molecule has 0 aliphatic rings. The van der Waals surface area contributed by atoms with Crippen LogP contribution in [0.1, 0.15) is 41.8 Å². The van der Waals surface area contributed by atoms with Gasteiger partial charge in [-0.3, -0.25) is 29.2 Å². The molecule has 3 aromatic rings. The molecule has 0 radical (unpaired) electrons. The monoisotopic (exact) mass is 790 g/mol. The van der Waals surface area contributed by atoms with Gasteiger partial charge >= 0.3 is 30.3 Å². The summed E-state index contributed by atoms with van der Waals surface area (Å²) in [6, 6.07) is 11.3. The van der Waals surface area contributed by atoms with Crippen molar-refractivity contribution in [1.29, 1.82) is 5.41 Å². The quantitative estimate of drug-likeness (QED) is 0.0431. The van der Waals surface area contributed by atoms with Crippen molar-refractivity contribution < 1.29 is 65.3 Å². The molecule has 3 rings (SSSR count). The Balaban J connectivity index is 0.000000913. The number of hydrogen-bond acceptors (Lipinski definition) is 11. The highest BCUT2D eigenvalue weighted by atomic mass is 19.4. The normalized spacial score (nSPS) is 10.8. The van der Waals surface area contributed by atoms with Crippen LogP contribution in [0.25, 0.3) is 11.3 Å². The number of ether oxygens (including phenoxy) is 1. The number of nitrogens with two attached hydrogens (primary N) is 2. The molecule has 55 heavy (non-hydrogen) atoms. The fourth-order valence-corrected chi connectivity index (χ4v) is 3.86. The Hall–Kier alpha value is -6.68. The molecule has 300 valence electrons. The number of halogens is 6. The second-order valence-electron chi connectivity index (χ2n) is 11.1. The summed E-state index contributed by atoms with van der Waals surface area (Å²) in [5.41, 5.74) is 13.5. The van der Waals surface area contributed by atoms with Crippen LogP contribution in [0.2, 0.25) is 0 Å². The van der Waals surface area contributed by atoms with Crippen molar-refractivity contribution in [3.63, 3.8) is 0 Å². The average molecular weight is 791 g/mol. The van der Waals surface area contributed by atoms with E-state index in [2.05, 4.69) is 25.7 Å². The number of nitrogen functional groups attached to an aromatic ring is 2. The number of carbonyl (C=O) groups excluding carboxylic acids is 3. The first-order valence-corrected chi connectivity index (χ1v) is 15.3. The minimum absolute atomic E-state index is 0.00116. The van der Waals surface area contributed by atoms with Crippen molar-refractivity contribution in [3.8, 4) is 11.3 Å². The summed E-state index contributed by atoms with van der Waals surface area (Å²) >= 11 is 0. The molecule has 0 bridgehead atoms. The first kappa shape index (κ1) is 46.3. The number of benzene rings is 2. The molecule has 2 amide bonds. The molecule has 17 nitrogen and oxygen atoms in total. The average Bonchev–Trinajstić information content (AvgIpc) is 3.08. The van der Waals surface area contributed by atoms with Crippen LogP contribution in [-0.2, 0) is 37.0 Å². The van der Waals surface area contributed by atoms with E-state index in [-0.39, 0.29) is 60.7 Å². The smallest absolute Gasteiger partial charge is 0.475 e. The third-order valence-electron chi connectivity index (χ3n) is 6.38. The zero-order chi connectivity index (χ0) is 42.3. The molecule has 1 heterocycles. The molecule has 0 saturated heterocycles. The van der Waals surface area contributed by atoms with Gasteiger partial charge in [-0.15, -0.1) is 0 Å². The van der Waals surface area contributed by atoms with Gasteiger partial charge in [0.25, 0.3) is 11.5 Å². The number of hydrogen-bond donors (Lipinski definition) is 8. The molecule has 0 aliphatic heterocycles. The number of amidine groups is 1. The predicted molar refractivity (Wildman–Crippen MR) is 183 cm³/mol. The Morgan fingerprint density at radius 1 is 0.927 bits per heavy atom. The fourth-order valence-electron chi connectivity index (χ4n) is 3.86. The van der Waals surface area contributed by atoms with E-state index in [9.17, 15) is 45.5 Å². The summed E-state index contributed by atoms with van der Waals surface area (Å²) < 4.78 is 69.3. The van der Waals surface area contributed by atoms with Crippen molar-refractivity contribution in [2.45, 2.75) is 51.8 Å².